The van der Waals surface area contributed by atoms with Gasteiger partial charge in [-0.3, -0.25) is 0 Å². The summed E-state index contributed by atoms with van der Waals surface area (Å²) < 4.78 is 37.1. The van der Waals surface area contributed by atoms with E-state index in [1.54, 1.807) is 0 Å². The van der Waals surface area contributed by atoms with E-state index in [2.05, 4.69) is 224 Å². The van der Waals surface area contributed by atoms with E-state index in [0.29, 0.717) is 22.5 Å². The number of para-hydroxylation sites is 2. The Kier molecular flexibility index (Phi) is 14.3. The van der Waals surface area contributed by atoms with E-state index in [-0.39, 0.29) is 11.6 Å². The first-order chi connectivity index (χ1) is 45.8. The molecular formula is C89H62F2N2. The van der Waals surface area contributed by atoms with Gasteiger partial charge in [0.1, 0.15) is 0 Å². The van der Waals surface area contributed by atoms with Crippen molar-refractivity contribution < 1.29 is 8.78 Å². The molecule has 2 nitrogen and oxygen atoms in total. The predicted molar refractivity (Wildman–Crippen MR) is 386 cm³/mol. The number of hydrogen-bond donors (Lipinski definition) is 0. The lowest BCUT2D eigenvalue weighted by atomic mass is 9.66. The maximum absolute atomic E-state index is 18.5. The molecule has 0 unspecified atom stereocenters. The SMILES string of the molecule is CC1(C)c2cc(N(c3ccccc3-c3ccccc3)c3cc(-c4ccccc4)cc(-c4ccccc4)c3F)ccc2-c2c(-c3ccccc3)c3ccc(N(c4ccccc4-c4ccccc4)c4cc(-c5ccccc5)cc(-c5ccccc5)c4F)cc3c3cccc1c23. The molecule has 0 heterocycles. The van der Waals surface area contributed by atoms with Crippen LogP contribution in [0.4, 0.5) is 42.9 Å². The van der Waals surface area contributed by atoms with Gasteiger partial charge in [0.15, 0.2) is 11.6 Å². The van der Waals surface area contributed by atoms with E-state index in [4.69, 9.17) is 0 Å². The quantitative estimate of drug-likeness (QED) is 0.106. The van der Waals surface area contributed by atoms with Gasteiger partial charge in [-0.2, -0.15) is 0 Å². The van der Waals surface area contributed by atoms with E-state index in [1.165, 1.54) is 5.56 Å². The van der Waals surface area contributed by atoms with Gasteiger partial charge in [0.05, 0.1) is 22.7 Å². The Morgan fingerprint density at radius 1 is 0.237 bits per heavy atom. The Bertz CT molecular complexity index is 5290. The normalized spacial score (nSPS) is 12.2. The summed E-state index contributed by atoms with van der Waals surface area (Å²) in [5, 5.41) is 4.35. The summed E-state index contributed by atoms with van der Waals surface area (Å²) >= 11 is 0. The average molecular weight is 1200 g/mol. The molecule has 0 saturated carbocycles. The van der Waals surface area contributed by atoms with Gasteiger partial charge in [-0.15, -0.1) is 0 Å². The maximum Gasteiger partial charge on any atom is 0.155 e. The molecule has 0 atom stereocenters. The molecule has 15 aromatic rings. The number of rotatable bonds is 13. The van der Waals surface area contributed by atoms with Gasteiger partial charge in [-0.1, -0.05) is 293 Å². The molecule has 0 amide bonds. The van der Waals surface area contributed by atoms with E-state index in [9.17, 15) is 0 Å². The smallest absolute Gasteiger partial charge is 0.155 e. The molecule has 0 spiro atoms. The summed E-state index contributed by atoms with van der Waals surface area (Å²) in [4.78, 5) is 4.28. The van der Waals surface area contributed by atoms with E-state index in [0.717, 1.165) is 128 Å². The van der Waals surface area contributed by atoms with Crippen molar-refractivity contribution >= 4 is 55.7 Å². The van der Waals surface area contributed by atoms with Crippen LogP contribution in [-0.4, -0.2) is 0 Å². The van der Waals surface area contributed by atoms with E-state index in [1.807, 2.05) is 140 Å². The van der Waals surface area contributed by atoms with Crippen molar-refractivity contribution in [2.45, 2.75) is 19.3 Å². The second kappa shape index (κ2) is 23.6. The van der Waals surface area contributed by atoms with Crippen molar-refractivity contribution in [3.63, 3.8) is 0 Å². The molecule has 0 fully saturated rings. The van der Waals surface area contributed by atoms with Crippen molar-refractivity contribution in [3.05, 3.63) is 362 Å². The molecule has 4 heteroatoms. The highest BCUT2D eigenvalue weighted by Gasteiger charge is 2.38. The third-order valence-electron chi connectivity index (χ3n) is 18.8. The fraction of sp³-hybridized carbons (Fsp3) is 0.0337. The van der Waals surface area contributed by atoms with Crippen LogP contribution in [0.5, 0.6) is 0 Å². The number of nitrogens with zero attached hydrogens (tertiary/aromatic N) is 2. The van der Waals surface area contributed by atoms with Gasteiger partial charge in [0, 0.05) is 39.0 Å². The van der Waals surface area contributed by atoms with Crippen LogP contribution >= 0.6 is 0 Å². The number of benzene rings is 15. The molecule has 15 aromatic carbocycles. The third kappa shape index (κ3) is 9.96. The second-order valence-electron chi connectivity index (χ2n) is 24.5. The molecular weight excluding hydrogens is 1130 g/mol. The monoisotopic (exact) mass is 1200 g/mol. The van der Waals surface area contributed by atoms with Crippen molar-refractivity contribution in [3.8, 4) is 89.0 Å². The molecule has 442 valence electrons. The molecule has 1 aliphatic rings. The van der Waals surface area contributed by atoms with Crippen molar-refractivity contribution in [1.29, 1.82) is 0 Å². The zero-order chi connectivity index (χ0) is 62.6. The Balaban J connectivity index is 0.957. The predicted octanol–water partition coefficient (Wildman–Crippen LogP) is 25.2. The van der Waals surface area contributed by atoms with Gasteiger partial charge in [0.2, 0.25) is 0 Å². The summed E-state index contributed by atoms with van der Waals surface area (Å²) in [7, 11) is 0. The van der Waals surface area contributed by atoms with E-state index < -0.39 is 5.41 Å². The first-order valence-electron chi connectivity index (χ1n) is 31.8. The second-order valence-corrected chi connectivity index (χ2v) is 24.5. The maximum atomic E-state index is 18.5. The number of hydrogen-bond acceptors (Lipinski definition) is 2. The first kappa shape index (κ1) is 56.5. The van der Waals surface area contributed by atoms with Crippen LogP contribution in [0.1, 0.15) is 25.0 Å². The lowest BCUT2D eigenvalue weighted by Gasteiger charge is -2.38. The number of anilines is 6. The standard InChI is InChI=1S/C89H62F2N2/c1-89(2)78-46-28-45-72-77-57-68(92(80-47-26-24-43-70(80)61-33-14-5-15-34-61)82-55-66(59-29-10-3-11-30-59)53-75(87(82)90)63-37-18-7-19-38-63)49-51-73(77)84(65-41-22-9-23-42-65)86(85(72)78)74-52-50-69(58-79(74)89)93(81-48-27-25-44-71(81)62-35-16-6-17-36-62)83-56-67(60-31-12-4-13-32-60)54-76(88(83)91)64-39-20-8-21-40-64/h3-58H,1-2H3. The minimum atomic E-state index is -0.586. The van der Waals surface area contributed by atoms with Crippen LogP contribution in [0.3, 0.4) is 0 Å². The zero-order valence-electron chi connectivity index (χ0n) is 51.5. The third-order valence-corrected chi connectivity index (χ3v) is 18.8. The number of halogens is 2. The van der Waals surface area contributed by atoms with Gasteiger partial charge < -0.3 is 9.80 Å². The molecule has 0 N–H and O–H groups in total. The van der Waals surface area contributed by atoms with E-state index >= 15 is 8.78 Å². The Labute approximate surface area is 541 Å². The van der Waals surface area contributed by atoms with Gasteiger partial charge in [0.25, 0.3) is 0 Å². The van der Waals surface area contributed by atoms with Crippen LogP contribution in [0.15, 0.2) is 340 Å². The Morgan fingerprint density at radius 3 is 1.09 bits per heavy atom. The lowest BCUT2D eigenvalue weighted by Crippen LogP contribution is -2.25. The Morgan fingerprint density at radius 2 is 0.624 bits per heavy atom. The van der Waals surface area contributed by atoms with Gasteiger partial charge in [-0.05, 0) is 160 Å². The van der Waals surface area contributed by atoms with Crippen LogP contribution in [0.25, 0.3) is 111 Å². The molecule has 0 aliphatic heterocycles. The zero-order valence-corrected chi connectivity index (χ0v) is 51.5. The fourth-order valence-electron chi connectivity index (χ4n) is 14.3. The highest BCUT2D eigenvalue weighted by Crippen LogP contribution is 2.57. The molecule has 16 rings (SSSR count). The van der Waals surface area contributed by atoms with Crippen molar-refractivity contribution in [2.75, 3.05) is 9.80 Å². The minimum Gasteiger partial charge on any atom is -0.307 e. The summed E-state index contributed by atoms with van der Waals surface area (Å²) in [6, 6.07) is 117. The van der Waals surface area contributed by atoms with Crippen LogP contribution in [-0.2, 0) is 5.41 Å². The number of fused-ring (bicyclic) bond motifs is 4. The molecule has 0 radical (unpaired) electrons. The summed E-state index contributed by atoms with van der Waals surface area (Å²) in [6.07, 6.45) is 0. The first-order valence-corrected chi connectivity index (χ1v) is 31.8. The van der Waals surface area contributed by atoms with Crippen LogP contribution in [0.2, 0.25) is 0 Å². The molecule has 1 aliphatic carbocycles. The molecule has 0 bridgehead atoms. The largest absolute Gasteiger partial charge is 0.307 e. The molecule has 0 aromatic heterocycles. The summed E-state index contributed by atoms with van der Waals surface area (Å²) in [6.45, 7) is 4.66. The molecule has 93 heavy (non-hydrogen) atoms. The lowest BCUT2D eigenvalue weighted by molar-refractivity contribution is 0.632. The summed E-state index contributed by atoms with van der Waals surface area (Å²) in [5.41, 5.74) is 20.7. The van der Waals surface area contributed by atoms with Gasteiger partial charge >= 0.3 is 0 Å². The van der Waals surface area contributed by atoms with Crippen molar-refractivity contribution in [2.24, 2.45) is 0 Å². The van der Waals surface area contributed by atoms with Crippen LogP contribution < -0.4 is 9.80 Å². The highest BCUT2D eigenvalue weighted by molar-refractivity contribution is 6.24. The topological polar surface area (TPSA) is 6.48 Å². The van der Waals surface area contributed by atoms with Crippen LogP contribution in [0, 0.1) is 11.6 Å². The summed E-state index contributed by atoms with van der Waals surface area (Å²) in [5.74, 6) is -0.646. The Hall–Kier alpha value is -11.7. The average Bonchev–Trinajstić information content (AvgIpc) is 0.700. The highest BCUT2D eigenvalue weighted by atomic mass is 19.1. The van der Waals surface area contributed by atoms with Crippen molar-refractivity contribution in [1.82, 2.24) is 0 Å². The van der Waals surface area contributed by atoms with Gasteiger partial charge in [-0.25, -0.2) is 8.78 Å². The minimum absolute atomic E-state index is 0.321. The molecule has 0 saturated heterocycles. The fourth-order valence-corrected chi connectivity index (χ4v) is 14.3.